The zero-order chi connectivity index (χ0) is 18.0. The van der Waals surface area contributed by atoms with Crippen LogP contribution in [-0.4, -0.2) is 67.2 Å². The van der Waals surface area contributed by atoms with Crippen molar-refractivity contribution >= 4 is 27.0 Å². The number of hydrogen-bond acceptors (Lipinski definition) is 5. The molecule has 0 radical (unpaired) electrons. The van der Waals surface area contributed by atoms with E-state index < -0.39 is 10.0 Å². The van der Waals surface area contributed by atoms with Crippen LogP contribution in [0.15, 0.2) is 18.2 Å². The van der Waals surface area contributed by atoms with E-state index in [-0.39, 0.29) is 31.5 Å². The number of sulfonamides is 1. The van der Waals surface area contributed by atoms with Crippen molar-refractivity contribution in [1.29, 1.82) is 0 Å². The lowest BCUT2D eigenvalue weighted by Gasteiger charge is -2.31. The molecule has 1 aliphatic heterocycles. The second-order valence-electron chi connectivity index (χ2n) is 6.27. The number of imidazole rings is 1. The molecule has 2 heterocycles. The number of carbonyl (C=O) groups is 1. The molecule has 136 valence electrons. The monoisotopic (exact) mass is 366 g/mol. The molecular weight excluding hydrogens is 344 g/mol. The first-order valence-corrected chi connectivity index (χ1v) is 9.95. The molecule has 0 aliphatic carbocycles. The summed E-state index contributed by atoms with van der Waals surface area (Å²) in [6.45, 7) is 3.13. The number of ether oxygens (including phenoxy) is 1. The Hall–Kier alpha value is -1.97. The highest BCUT2D eigenvalue weighted by atomic mass is 32.2. The Bertz CT molecular complexity index is 877. The van der Waals surface area contributed by atoms with E-state index in [0.29, 0.717) is 13.2 Å². The Labute approximate surface area is 146 Å². The van der Waals surface area contributed by atoms with E-state index >= 15 is 0 Å². The number of aromatic nitrogens is 2. The molecule has 0 saturated carbocycles. The largest absolute Gasteiger partial charge is 0.374 e. The third-order valence-corrected chi connectivity index (χ3v) is 5.40. The number of nitrogens with zero attached hydrogens (tertiary/aromatic N) is 2. The first-order valence-electron chi connectivity index (χ1n) is 8.10. The quantitative estimate of drug-likeness (QED) is 0.786. The Morgan fingerprint density at radius 2 is 2.28 bits per heavy atom. The zero-order valence-corrected chi connectivity index (χ0v) is 15.1. The van der Waals surface area contributed by atoms with E-state index in [9.17, 15) is 13.2 Å². The molecule has 1 fully saturated rings. The number of hydrogen-bond donors (Lipinski definition) is 2. The van der Waals surface area contributed by atoms with Crippen molar-refractivity contribution in [2.24, 2.45) is 0 Å². The number of benzene rings is 1. The van der Waals surface area contributed by atoms with Gasteiger partial charge in [0.25, 0.3) is 0 Å². The van der Waals surface area contributed by atoms with Gasteiger partial charge in [-0.05, 0) is 24.6 Å². The summed E-state index contributed by atoms with van der Waals surface area (Å²) >= 11 is 0. The Kier molecular flexibility index (Phi) is 5.07. The van der Waals surface area contributed by atoms with Gasteiger partial charge in [-0.25, -0.2) is 13.4 Å². The number of morpholine rings is 1. The van der Waals surface area contributed by atoms with Crippen molar-refractivity contribution in [2.45, 2.75) is 19.4 Å². The number of aryl methyl sites for hydroxylation is 1. The minimum Gasteiger partial charge on any atom is -0.374 e. The number of aromatic amines is 1. The molecule has 1 amide bonds. The molecule has 1 saturated heterocycles. The maximum absolute atomic E-state index is 12.2. The highest BCUT2D eigenvalue weighted by Gasteiger charge is 2.26. The van der Waals surface area contributed by atoms with Gasteiger partial charge in [-0.3, -0.25) is 4.79 Å². The molecule has 8 nitrogen and oxygen atoms in total. The summed E-state index contributed by atoms with van der Waals surface area (Å²) in [5.41, 5.74) is 2.66. The minimum atomic E-state index is -3.23. The molecule has 1 atom stereocenters. The molecule has 0 unspecified atom stereocenters. The number of H-pyrrole nitrogens is 1. The van der Waals surface area contributed by atoms with Gasteiger partial charge in [0.05, 0.1) is 36.4 Å². The van der Waals surface area contributed by atoms with E-state index in [2.05, 4.69) is 15.3 Å². The lowest BCUT2D eigenvalue weighted by Crippen LogP contribution is -2.49. The van der Waals surface area contributed by atoms with Crippen LogP contribution < -0.4 is 5.32 Å². The van der Waals surface area contributed by atoms with Crippen LogP contribution in [0.4, 0.5) is 0 Å². The molecule has 2 N–H and O–H groups in total. The SMILES string of the molecule is Cc1nc2ccc(CC(=O)NC[C@@H]3CN(S(C)(=O)=O)CCO3)cc2[nH]1. The fourth-order valence-electron chi connectivity index (χ4n) is 2.89. The molecular formula is C16H22N4O4S. The van der Waals surface area contributed by atoms with E-state index in [1.807, 2.05) is 25.1 Å². The van der Waals surface area contributed by atoms with Crippen molar-refractivity contribution in [1.82, 2.24) is 19.6 Å². The van der Waals surface area contributed by atoms with Crippen LogP contribution in [0.25, 0.3) is 11.0 Å². The summed E-state index contributed by atoms with van der Waals surface area (Å²) in [4.78, 5) is 19.6. The standard InChI is InChI=1S/C16H22N4O4S/c1-11-18-14-4-3-12(7-15(14)19-11)8-16(21)17-9-13-10-20(5-6-24-13)25(2,22)23/h3-4,7,13H,5-6,8-10H2,1-2H3,(H,17,21)(H,18,19)/t13-/m1/s1. The lowest BCUT2D eigenvalue weighted by molar-refractivity contribution is -0.121. The van der Waals surface area contributed by atoms with Crippen molar-refractivity contribution in [2.75, 3.05) is 32.5 Å². The predicted octanol–water partition coefficient (Wildman–Crippen LogP) is 0.190. The summed E-state index contributed by atoms with van der Waals surface area (Å²) in [7, 11) is -3.23. The second-order valence-corrected chi connectivity index (χ2v) is 8.25. The number of fused-ring (bicyclic) bond motifs is 1. The van der Waals surface area contributed by atoms with Crippen molar-refractivity contribution in [3.8, 4) is 0 Å². The average Bonchev–Trinajstić information content (AvgIpc) is 2.92. The molecule has 1 aliphatic rings. The van der Waals surface area contributed by atoms with E-state index in [1.165, 1.54) is 10.6 Å². The topological polar surface area (TPSA) is 104 Å². The first-order chi connectivity index (χ1) is 11.8. The summed E-state index contributed by atoms with van der Waals surface area (Å²) in [6.07, 6.45) is 1.10. The predicted molar refractivity (Wildman–Crippen MR) is 93.7 cm³/mol. The molecule has 25 heavy (non-hydrogen) atoms. The Balaban J connectivity index is 1.53. The third kappa shape index (κ3) is 4.56. The summed E-state index contributed by atoms with van der Waals surface area (Å²) in [6, 6.07) is 5.68. The van der Waals surface area contributed by atoms with Gasteiger partial charge in [0.1, 0.15) is 5.82 Å². The van der Waals surface area contributed by atoms with Gasteiger partial charge in [0.2, 0.25) is 15.9 Å². The Morgan fingerprint density at radius 3 is 3.04 bits per heavy atom. The van der Waals surface area contributed by atoms with Crippen LogP contribution >= 0.6 is 0 Å². The van der Waals surface area contributed by atoms with E-state index in [0.717, 1.165) is 22.4 Å². The molecule has 0 spiro atoms. The van der Waals surface area contributed by atoms with Gasteiger partial charge in [0.15, 0.2) is 0 Å². The van der Waals surface area contributed by atoms with Gasteiger partial charge in [0, 0.05) is 19.6 Å². The zero-order valence-electron chi connectivity index (χ0n) is 14.3. The van der Waals surface area contributed by atoms with Crippen LogP contribution in [-0.2, 0) is 26.0 Å². The highest BCUT2D eigenvalue weighted by Crippen LogP contribution is 2.14. The molecule has 1 aromatic heterocycles. The Morgan fingerprint density at radius 1 is 1.48 bits per heavy atom. The fourth-order valence-corrected chi connectivity index (χ4v) is 3.73. The van der Waals surface area contributed by atoms with Gasteiger partial charge < -0.3 is 15.0 Å². The number of nitrogens with one attached hydrogen (secondary N) is 2. The van der Waals surface area contributed by atoms with Crippen LogP contribution in [0.1, 0.15) is 11.4 Å². The normalized spacial score (nSPS) is 19.2. The van der Waals surface area contributed by atoms with Crippen molar-refractivity contribution in [3.63, 3.8) is 0 Å². The fraction of sp³-hybridized carbons (Fsp3) is 0.500. The highest BCUT2D eigenvalue weighted by molar-refractivity contribution is 7.88. The van der Waals surface area contributed by atoms with Crippen LogP contribution in [0, 0.1) is 6.92 Å². The summed E-state index contributed by atoms with van der Waals surface area (Å²) < 4.78 is 30.1. The van der Waals surface area contributed by atoms with Crippen molar-refractivity contribution in [3.05, 3.63) is 29.6 Å². The maximum atomic E-state index is 12.2. The van der Waals surface area contributed by atoms with Crippen LogP contribution in [0.5, 0.6) is 0 Å². The second kappa shape index (κ2) is 7.11. The van der Waals surface area contributed by atoms with Gasteiger partial charge in [-0.1, -0.05) is 6.07 Å². The van der Waals surface area contributed by atoms with Gasteiger partial charge >= 0.3 is 0 Å². The molecule has 0 bridgehead atoms. The summed E-state index contributed by atoms with van der Waals surface area (Å²) in [5, 5.41) is 2.81. The third-order valence-electron chi connectivity index (χ3n) is 4.13. The molecule has 9 heteroatoms. The van der Waals surface area contributed by atoms with Gasteiger partial charge in [-0.15, -0.1) is 0 Å². The molecule has 3 rings (SSSR count). The van der Waals surface area contributed by atoms with E-state index in [4.69, 9.17) is 4.74 Å². The number of amides is 1. The van der Waals surface area contributed by atoms with Gasteiger partial charge in [-0.2, -0.15) is 4.31 Å². The number of carbonyl (C=O) groups excluding carboxylic acids is 1. The van der Waals surface area contributed by atoms with Crippen molar-refractivity contribution < 1.29 is 17.9 Å². The lowest BCUT2D eigenvalue weighted by atomic mass is 10.1. The summed E-state index contributed by atoms with van der Waals surface area (Å²) in [5.74, 6) is 0.706. The minimum absolute atomic E-state index is 0.129. The smallest absolute Gasteiger partial charge is 0.224 e. The van der Waals surface area contributed by atoms with Crippen LogP contribution in [0.2, 0.25) is 0 Å². The molecule has 2 aromatic rings. The maximum Gasteiger partial charge on any atom is 0.224 e. The average molecular weight is 366 g/mol. The van der Waals surface area contributed by atoms with Crippen LogP contribution in [0.3, 0.4) is 0 Å². The number of rotatable bonds is 5. The molecule has 1 aromatic carbocycles. The first kappa shape index (κ1) is 17.8. The van der Waals surface area contributed by atoms with E-state index in [1.54, 1.807) is 0 Å².